The molecule has 0 radical (unpaired) electrons. The van der Waals surface area contributed by atoms with Gasteiger partial charge in [-0.15, -0.1) is 0 Å². The zero-order valence-corrected chi connectivity index (χ0v) is 19.3. The van der Waals surface area contributed by atoms with Crippen molar-refractivity contribution < 1.29 is 23.9 Å². The van der Waals surface area contributed by atoms with E-state index in [2.05, 4.69) is 34.4 Å². The van der Waals surface area contributed by atoms with E-state index in [4.69, 9.17) is 4.79 Å². The summed E-state index contributed by atoms with van der Waals surface area (Å²) in [6, 6.07) is 10.2. The molecule has 0 spiro atoms. The molecule has 0 fully saturated rings. The van der Waals surface area contributed by atoms with Crippen LogP contribution in [-0.2, 0) is 23.9 Å². The van der Waals surface area contributed by atoms with Gasteiger partial charge < -0.3 is 25.1 Å². The Morgan fingerprint density at radius 3 is 2.14 bits per heavy atom. The molecule has 3 amide bonds. The van der Waals surface area contributed by atoms with Crippen molar-refractivity contribution in [2.75, 3.05) is 27.7 Å². The van der Waals surface area contributed by atoms with Gasteiger partial charge in [-0.25, -0.2) is 0 Å². The van der Waals surface area contributed by atoms with Gasteiger partial charge in [0.1, 0.15) is 0 Å². The number of rotatable bonds is 8. The molecular formula is C19H30FmN3O5-. The van der Waals surface area contributed by atoms with Gasteiger partial charge in [0.25, 0.3) is 6.47 Å². The molecule has 0 aromatic heterocycles. The maximum Gasteiger partial charge on any atom is 0.292 e. The van der Waals surface area contributed by atoms with Crippen LogP contribution in [0.2, 0.25) is 0 Å². The van der Waals surface area contributed by atoms with Crippen molar-refractivity contribution in [2.24, 2.45) is 0 Å². The second kappa shape index (κ2) is 19.4. The second-order valence-corrected chi connectivity index (χ2v) is 5.61. The predicted octanol–water partition coefficient (Wildman–Crippen LogP) is 0.801. The maximum absolute atomic E-state index is 11.3. The van der Waals surface area contributed by atoms with Crippen LogP contribution >= 0.6 is 0 Å². The number of carbonyl (C=O) groups excluding carboxylic acids is 4. The number of hydrogen-bond donors (Lipinski definition) is 2. The number of carbonyl (C=O) groups is 3. The molecule has 0 heterocycles. The molecule has 164 valence electrons. The average Bonchev–Trinajstić information content (AvgIpc) is 2.67. The first-order valence-corrected chi connectivity index (χ1v) is 8.37. The molecule has 1 rings (SSSR count). The molecule has 0 bridgehead atoms. The third-order valence-corrected chi connectivity index (χ3v) is 3.06. The average molecular weight is 637 g/mol. The van der Waals surface area contributed by atoms with E-state index in [-0.39, 0.29) is 24.4 Å². The summed E-state index contributed by atoms with van der Waals surface area (Å²) < 4.78 is 3.86. The van der Waals surface area contributed by atoms with Crippen LogP contribution in [0.4, 0.5) is 0 Å². The standard InChI is InChI=1S/C10H18N3O3.C7H8.C2H4O2.Fm/c1-8(4-5-9(15)11-2)12-10(16)6-13(3)7-14;1-7-5-3-2-4-6-7;1-4-2-3;/h8H,4-6H2,1-3H3,(H,11,15)(H,12,16);2-6H,1H3;2H,1H3;/q-1;;;. The van der Waals surface area contributed by atoms with Gasteiger partial charge in [-0.3, -0.25) is 14.4 Å². The van der Waals surface area contributed by atoms with Gasteiger partial charge in [0.05, 0.1) is 13.7 Å². The number of aryl methyl sites for hydroxylation is 1. The summed E-state index contributed by atoms with van der Waals surface area (Å²) in [4.78, 5) is 42.5. The molecule has 0 aliphatic heterocycles. The Labute approximate surface area is 161 Å². The van der Waals surface area contributed by atoms with Gasteiger partial charge in [-0.2, -0.15) is 6.41 Å². The Hall–Kier alpha value is -3.90. The monoisotopic (exact) mass is 637 g/mol. The smallest absolute Gasteiger partial charge is 0.292 e. The Morgan fingerprint density at radius 2 is 1.79 bits per heavy atom. The van der Waals surface area contributed by atoms with E-state index in [0.29, 0.717) is 19.3 Å². The van der Waals surface area contributed by atoms with Gasteiger partial charge in [-0.05, 0) is 27.3 Å². The molecule has 1 aromatic rings. The van der Waals surface area contributed by atoms with Crippen molar-refractivity contribution >= 4 is 24.7 Å². The van der Waals surface area contributed by atoms with Gasteiger partial charge in [0.15, 0.2) is 0 Å². The number of amides is 3. The molecule has 0 aliphatic rings. The van der Waals surface area contributed by atoms with Crippen LogP contribution in [0.1, 0.15) is 25.3 Å². The molecule has 0 saturated carbocycles. The minimum Gasteiger partial charge on any atom is -0.520 e. The van der Waals surface area contributed by atoms with E-state index in [1.54, 1.807) is 13.5 Å². The SMILES string of the molecule is CNC(=O)CCC(C)NC(=O)CN(C)[C-]=O.COC=O.Cc1ccccc1.[Fm]. The van der Waals surface area contributed by atoms with Crippen molar-refractivity contribution in [3.05, 3.63) is 35.9 Å². The third kappa shape index (κ3) is 20.1. The van der Waals surface area contributed by atoms with Crippen LogP contribution < -0.4 is 10.6 Å². The molecule has 1 aromatic carbocycles. The molecule has 0 saturated heterocycles. The topological polar surface area (TPSA) is 105 Å². The number of methoxy groups -OCH3 is 1. The molecule has 1 unspecified atom stereocenters. The van der Waals surface area contributed by atoms with Crippen molar-refractivity contribution in [3.63, 3.8) is 0 Å². The summed E-state index contributed by atoms with van der Waals surface area (Å²) in [7, 11) is 4.36. The van der Waals surface area contributed by atoms with Gasteiger partial charge in [-0.1, -0.05) is 35.9 Å². The summed E-state index contributed by atoms with van der Waals surface area (Å²) in [5, 5.41) is 5.19. The minimum atomic E-state index is -0.254. The zero-order valence-electron chi connectivity index (χ0n) is 16.9. The summed E-state index contributed by atoms with van der Waals surface area (Å²) in [6.45, 7) is 4.25. The number of nitrogens with one attached hydrogen (secondary N) is 2. The Balaban J connectivity index is -0.000000427. The molecule has 28 heavy (non-hydrogen) atoms. The van der Waals surface area contributed by atoms with E-state index in [1.165, 1.54) is 19.7 Å². The van der Waals surface area contributed by atoms with Gasteiger partial charge in [0.2, 0.25) is 11.8 Å². The summed E-state index contributed by atoms with van der Waals surface area (Å²) in [5.41, 5.74) is 1.32. The van der Waals surface area contributed by atoms with E-state index in [0.717, 1.165) is 4.90 Å². The first kappa shape index (κ1) is 28.9. The Morgan fingerprint density at radius 1 is 1.25 bits per heavy atom. The molecule has 9 heteroatoms. The van der Waals surface area contributed by atoms with E-state index in [1.807, 2.05) is 25.1 Å². The largest absolute Gasteiger partial charge is 0.520 e. The van der Waals surface area contributed by atoms with Crippen molar-refractivity contribution in [3.8, 4) is 0 Å². The number of likely N-dealkylation sites (N-methyl/N-ethyl adjacent to an activating group) is 1. The van der Waals surface area contributed by atoms with Crippen LogP contribution in [0.3, 0.4) is 0 Å². The Kier molecular flexibility index (Phi) is 20.0. The Bertz CT molecular complexity index is 544. The number of nitrogens with zero attached hydrogens (tertiary/aromatic N) is 1. The van der Waals surface area contributed by atoms with Crippen LogP contribution in [0.25, 0.3) is 0 Å². The van der Waals surface area contributed by atoms with Crippen molar-refractivity contribution in [2.45, 2.75) is 32.7 Å². The number of benzene rings is 1. The van der Waals surface area contributed by atoms with E-state index >= 15 is 0 Å². The predicted molar refractivity (Wildman–Crippen MR) is 103 cm³/mol. The zero-order chi connectivity index (χ0) is 21.1. The number of hydrogen-bond acceptors (Lipinski definition) is 5. The van der Waals surface area contributed by atoms with Crippen LogP contribution in [0.15, 0.2) is 30.3 Å². The first-order valence-electron chi connectivity index (χ1n) is 8.37. The van der Waals surface area contributed by atoms with E-state index < -0.39 is 0 Å². The second-order valence-electron chi connectivity index (χ2n) is 5.61. The summed E-state index contributed by atoms with van der Waals surface area (Å²) >= 11 is 0. The first-order chi connectivity index (χ1) is 12.8. The van der Waals surface area contributed by atoms with Crippen LogP contribution in [0, 0.1) is 6.92 Å². The molecule has 0 aliphatic carbocycles. The molecule has 2 N–H and O–H groups in total. The normalized spacial score (nSPS) is 9.46. The quantitative estimate of drug-likeness (QED) is 0.250. The van der Waals surface area contributed by atoms with Crippen LogP contribution in [-0.4, -0.2) is 63.4 Å². The molecule has 8 nitrogen and oxygen atoms in total. The molecular weight excluding hydrogens is 607 g/mol. The van der Waals surface area contributed by atoms with E-state index in [9.17, 15) is 14.4 Å². The summed E-state index contributed by atoms with van der Waals surface area (Å²) in [6.07, 6.45) is 2.52. The van der Waals surface area contributed by atoms with Crippen LogP contribution in [0.5, 0.6) is 0 Å². The van der Waals surface area contributed by atoms with Crippen molar-refractivity contribution in [1.29, 1.82) is 0 Å². The van der Waals surface area contributed by atoms with Gasteiger partial charge in [0, 0.05) is 19.5 Å². The fourth-order valence-electron chi connectivity index (χ4n) is 1.65. The fraction of sp³-hybridized carbons (Fsp3) is 0.474. The molecule has 1 atom stereocenters. The minimum absolute atomic E-state index is 0. The van der Waals surface area contributed by atoms with Crippen molar-refractivity contribution in [1.82, 2.24) is 15.5 Å². The third-order valence-electron chi connectivity index (χ3n) is 3.06. The maximum atomic E-state index is 11.3. The van der Waals surface area contributed by atoms with Gasteiger partial charge >= 0.3 is 0 Å². The summed E-state index contributed by atoms with van der Waals surface area (Å²) in [5.74, 6) is -0.310. The fourth-order valence-corrected chi connectivity index (χ4v) is 1.65. The number of ether oxygens (including phenoxy) is 1.